The van der Waals surface area contributed by atoms with Gasteiger partial charge in [0.1, 0.15) is 0 Å². The van der Waals surface area contributed by atoms with E-state index in [1.165, 1.54) is 24.7 Å². The van der Waals surface area contributed by atoms with E-state index in [4.69, 9.17) is 9.52 Å². The SMILES string of the molecule is O=C(O)CS(=O)(=O)Nc1ccc(-c2cnco2)cc1. The number of rotatable bonds is 5. The summed E-state index contributed by atoms with van der Waals surface area (Å²) in [5.41, 5.74) is 1.02. The minimum absolute atomic E-state index is 0.282. The Morgan fingerprint density at radius 3 is 2.53 bits per heavy atom. The molecule has 0 aliphatic heterocycles. The van der Waals surface area contributed by atoms with Crippen molar-refractivity contribution in [2.45, 2.75) is 0 Å². The van der Waals surface area contributed by atoms with Gasteiger partial charge >= 0.3 is 5.97 Å². The number of carbonyl (C=O) groups is 1. The van der Waals surface area contributed by atoms with Gasteiger partial charge in [0.2, 0.25) is 10.0 Å². The van der Waals surface area contributed by atoms with Crippen LogP contribution in [0.15, 0.2) is 41.3 Å². The molecule has 0 amide bonds. The first-order valence-corrected chi connectivity index (χ1v) is 6.83. The molecule has 1 aromatic carbocycles. The second-order valence-electron chi connectivity index (χ2n) is 3.70. The van der Waals surface area contributed by atoms with E-state index in [0.29, 0.717) is 5.76 Å². The quantitative estimate of drug-likeness (QED) is 0.851. The lowest BCUT2D eigenvalue weighted by Gasteiger charge is -2.06. The fourth-order valence-corrected chi connectivity index (χ4v) is 2.33. The van der Waals surface area contributed by atoms with E-state index in [0.717, 1.165) is 5.56 Å². The molecule has 2 aromatic rings. The molecule has 1 aromatic heterocycles. The van der Waals surface area contributed by atoms with Crippen LogP contribution in [0.3, 0.4) is 0 Å². The Balaban J connectivity index is 2.13. The van der Waals surface area contributed by atoms with Crippen LogP contribution in [0.5, 0.6) is 0 Å². The van der Waals surface area contributed by atoms with E-state index >= 15 is 0 Å². The van der Waals surface area contributed by atoms with Crippen LogP contribution >= 0.6 is 0 Å². The van der Waals surface area contributed by atoms with Gasteiger partial charge in [-0.2, -0.15) is 0 Å². The van der Waals surface area contributed by atoms with E-state index in [2.05, 4.69) is 9.71 Å². The zero-order chi connectivity index (χ0) is 13.9. The summed E-state index contributed by atoms with van der Waals surface area (Å²) in [7, 11) is -3.89. The van der Waals surface area contributed by atoms with Crippen molar-refractivity contribution < 1.29 is 22.7 Å². The number of benzene rings is 1. The average molecular weight is 282 g/mol. The van der Waals surface area contributed by atoms with E-state index in [-0.39, 0.29) is 5.69 Å². The summed E-state index contributed by atoms with van der Waals surface area (Å²) in [6.07, 6.45) is 2.82. The van der Waals surface area contributed by atoms with Crippen molar-refractivity contribution in [3.8, 4) is 11.3 Å². The number of oxazole rings is 1. The second kappa shape index (κ2) is 5.11. The molecule has 2 N–H and O–H groups in total. The lowest BCUT2D eigenvalue weighted by atomic mass is 10.2. The van der Waals surface area contributed by atoms with E-state index < -0.39 is 21.7 Å². The van der Waals surface area contributed by atoms with Crippen LogP contribution in [0.2, 0.25) is 0 Å². The van der Waals surface area contributed by atoms with Gasteiger partial charge in [-0.25, -0.2) is 13.4 Å². The molecule has 100 valence electrons. The number of aliphatic carboxylic acids is 1. The topological polar surface area (TPSA) is 110 Å². The Morgan fingerprint density at radius 2 is 2.00 bits per heavy atom. The largest absolute Gasteiger partial charge is 0.480 e. The molecule has 0 aliphatic carbocycles. The van der Waals surface area contributed by atoms with Crippen molar-refractivity contribution in [3.63, 3.8) is 0 Å². The molecule has 2 rings (SSSR count). The number of anilines is 1. The zero-order valence-electron chi connectivity index (χ0n) is 9.61. The highest BCUT2D eigenvalue weighted by Gasteiger charge is 2.15. The Labute approximate surface area is 108 Å². The third kappa shape index (κ3) is 3.55. The van der Waals surface area contributed by atoms with Crippen LogP contribution in [0.25, 0.3) is 11.3 Å². The molecule has 1 heterocycles. The Hall–Kier alpha value is -2.35. The van der Waals surface area contributed by atoms with E-state index in [9.17, 15) is 13.2 Å². The summed E-state index contributed by atoms with van der Waals surface area (Å²) in [5, 5.41) is 8.46. The first-order chi connectivity index (χ1) is 8.96. The molecule has 7 nitrogen and oxygen atoms in total. The summed E-state index contributed by atoms with van der Waals surface area (Å²) in [5.74, 6) is -1.83. The number of carboxylic acid groups (broad SMARTS) is 1. The maximum atomic E-state index is 11.4. The Morgan fingerprint density at radius 1 is 1.32 bits per heavy atom. The van der Waals surface area contributed by atoms with Gasteiger partial charge < -0.3 is 9.52 Å². The van der Waals surface area contributed by atoms with Crippen LogP contribution < -0.4 is 4.72 Å². The highest BCUT2D eigenvalue weighted by molar-refractivity contribution is 7.93. The lowest BCUT2D eigenvalue weighted by molar-refractivity contribution is -0.134. The van der Waals surface area contributed by atoms with Gasteiger partial charge in [-0.3, -0.25) is 9.52 Å². The van der Waals surface area contributed by atoms with Crippen molar-refractivity contribution in [1.82, 2.24) is 4.98 Å². The molecular formula is C11H10N2O5S. The van der Waals surface area contributed by atoms with Crippen LogP contribution in [0, 0.1) is 0 Å². The molecule has 0 aliphatic rings. The van der Waals surface area contributed by atoms with Gasteiger partial charge in [0.05, 0.1) is 6.20 Å². The number of hydrogen-bond donors (Lipinski definition) is 2. The van der Waals surface area contributed by atoms with Crippen LogP contribution in [0.1, 0.15) is 0 Å². The average Bonchev–Trinajstić information content (AvgIpc) is 2.81. The molecule has 19 heavy (non-hydrogen) atoms. The Kier molecular flexibility index (Phi) is 3.52. The molecule has 0 saturated carbocycles. The molecule has 0 fully saturated rings. The van der Waals surface area contributed by atoms with Crippen molar-refractivity contribution >= 4 is 21.7 Å². The fraction of sp³-hybridized carbons (Fsp3) is 0.0909. The normalized spacial score (nSPS) is 11.2. The highest BCUT2D eigenvalue weighted by Crippen LogP contribution is 2.21. The van der Waals surface area contributed by atoms with Gasteiger partial charge in [0.15, 0.2) is 17.9 Å². The minimum Gasteiger partial charge on any atom is -0.480 e. The summed E-state index contributed by atoms with van der Waals surface area (Å²) in [6, 6.07) is 6.30. The van der Waals surface area contributed by atoms with Crippen molar-refractivity contribution in [2.75, 3.05) is 10.5 Å². The maximum Gasteiger partial charge on any atom is 0.320 e. The first-order valence-electron chi connectivity index (χ1n) is 5.17. The minimum atomic E-state index is -3.89. The number of aromatic nitrogens is 1. The zero-order valence-corrected chi connectivity index (χ0v) is 10.4. The summed E-state index contributed by atoms with van der Waals surface area (Å²) in [4.78, 5) is 14.1. The van der Waals surface area contributed by atoms with Gasteiger partial charge in [-0.05, 0) is 24.3 Å². The predicted octanol–water partition coefficient (Wildman–Crippen LogP) is 1.17. The number of hydrogen-bond acceptors (Lipinski definition) is 5. The van der Waals surface area contributed by atoms with Gasteiger partial charge in [-0.1, -0.05) is 0 Å². The number of nitrogens with zero attached hydrogens (tertiary/aromatic N) is 1. The molecule has 0 atom stereocenters. The number of carboxylic acids is 1. The monoisotopic (exact) mass is 282 g/mol. The summed E-state index contributed by atoms with van der Waals surface area (Å²) < 4.78 is 30.1. The predicted molar refractivity (Wildman–Crippen MR) is 67.0 cm³/mol. The van der Waals surface area contributed by atoms with Crippen molar-refractivity contribution in [1.29, 1.82) is 0 Å². The molecule has 0 saturated heterocycles. The third-order valence-corrected chi connectivity index (χ3v) is 3.36. The molecule has 0 unspecified atom stereocenters. The van der Waals surface area contributed by atoms with Crippen LogP contribution in [-0.4, -0.2) is 30.2 Å². The Bertz CT molecular complexity index is 662. The van der Waals surface area contributed by atoms with E-state index in [1.807, 2.05) is 0 Å². The number of sulfonamides is 1. The molecule has 0 bridgehead atoms. The summed E-state index contributed by atoms with van der Waals surface area (Å²) >= 11 is 0. The highest BCUT2D eigenvalue weighted by atomic mass is 32.2. The smallest absolute Gasteiger partial charge is 0.320 e. The fourth-order valence-electron chi connectivity index (χ4n) is 1.44. The second-order valence-corrected chi connectivity index (χ2v) is 5.42. The van der Waals surface area contributed by atoms with Crippen LogP contribution in [-0.2, 0) is 14.8 Å². The summed E-state index contributed by atoms with van der Waals surface area (Å²) in [6.45, 7) is 0. The van der Waals surface area contributed by atoms with Gasteiger partial charge in [-0.15, -0.1) is 0 Å². The molecular weight excluding hydrogens is 272 g/mol. The van der Waals surface area contributed by atoms with Gasteiger partial charge in [0, 0.05) is 11.3 Å². The van der Waals surface area contributed by atoms with Gasteiger partial charge in [0.25, 0.3) is 0 Å². The van der Waals surface area contributed by atoms with Crippen molar-refractivity contribution in [2.24, 2.45) is 0 Å². The molecule has 0 radical (unpaired) electrons. The number of nitrogens with one attached hydrogen (secondary N) is 1. The van der Waals surface area contributed by atoms with E-state index in [1.54, 1.807) is 12.1 Å². The van der Waals surface area contributed by atoms with Crippen molar-refractivity contribution in [3.05, 3.63) is 36.9 Å². The lowest BCUT2D eigenvalue weighted by Crippen LogP contribution is -2.22. The third-order valence-electron chi connectivity index (χ3n) is 2.19. The molecule has 0 spiro atoms. The maximum absolute atomic E-state index is 11.4. The first kappa shape index (κ1) is 13.1. The molecule has 8 heteroatoms. The standard InChI is InChI=1S/C11H10N2O5S/c14-11(15)6-19(16,17)13-9-3-1-8(2-4-9)10-5-12-7-18-10/h1-5,7,13H,6H2,(H,14,15). The van der Waals surface area contributed by atoms with Crippen LogP contribution in [0.4, 0.5) is 5.69 Å².